The predicted molar refractivity (Wildman–Crippen MR) is 148 cm³/mol. The zero-order chi connectivity index (χ0) is 25.8. The highest BCUT2D eigenvalue weighted by molar-refractivity contribution is 6.30. The van der Waals surface area contributed by atoms with Crippen LogP contribution in [0.3, 0.4) is 0 Å². The normalized spacial score (nSPS) is 21.7. The van der Waals surface area contributed by atoms with E-state index in [0.717, 1.165) is 69.7 Å². The number of amides is 2. The third-order valence-corrected chi connectivity index (χ3v) is 8.55. The van der Waals surface area contributed by atoms with Gasteiger partial charge in [-0.05, 0) is 69.2 Å². The Morgan fingerprint density at radius 1 is 1.17 bits per heavy atom. The fourth-order valence-corrected chi connectivity index (χ4v) is 6.62. The Bertz CT molecular complexity index is 789. The molecule has 2 amide bonds. The van der Waals surface area contributed by atoms with E-state index in [1.807, 2.05) is 37.3 Å². The average molecular weight is 522 g/mol. The third kappa shape index (κ3) is 8.08. The first kappa shape index (κ1) is 29.2. The van der Waals surface area contributed by atoms with Gasteiger partial charge in [-0.2, -0.15) is 0 Å². The van der Waals surface area contributed by atoms with Crippen LogP contribution in [0.2, 0.25) is 5.02 Å². The molecule has 1 aromatic rings. The topological polar surface area (TPSA) is 62.8 Å². The van der Waals surface area contributed by atoms with E-state index in [1.165, 1.54) is 32.1 Å². The molecule has 3 unspecified atom stereocenters. The maximum absolute atomic E-state index is 13.5. The van der Waals surface area contributed by atoms with E-state index >= 15 is 0 Å². The molecule has 7 heteroatoms. The minimum absolute atomic E-state index is 0.0613. The third-order valence-electron chi connectivity index (χ3n) is 8.31. The van der Waals surface area contributed by atoms with Crippen LogP contribution in [0.25, 0.3) is 0 Å². The van der Waals surface area contributed by atoms with Crippen LogP contribution in [0.15, 0.2) is 24.3 Å². The van der Waals surface area contributed by atoms with E-state index in [9.17, 15) is 4.79 Å². The van der Waals surface area contributed by atoms with Gasteiger partial charge in [0, 0.05) is 57.4 Å². The zero-order valence-electron chi connectivity index (χ0n) is 22.7. The molecule has 0 bridgehead atoms. The Balaban J connectivity index is 1.72. The second-order valence-corrected chi connectivity index (χ2v) is 11.2. The predicted octanol–water partition coefficient (Wildman–Crippen LogP) is 5.98. The van der Waals surface area contributed by atoms with Gasteiger partial charge in [0.25, 0.3) is 0 Å². The number of likely N-dealkylation sites (tertiary alicyclic amines) is 1. The van der Waals surface area contributed by atoms with Crippen molar-refractivity contribution in [1.82, 2.24) is 15.5 Å². The molecule has 1 saturated carbocycles. The standard InChI is InChI=1S/C29H48ClN3O3/c1-31-21-27(19-23-11-5-4-6-12-23)32-28(34)33-17-10-14-25(22-33)29(36-3,16-7-8-18-35-2)24-13-9-15-26(30)20-24/h9,13,15,20,23,25,27,31H,4-8,10-12,14,16-19,21-22H2,1-3H3,(H,32,34). The molecule has 0 radical (unpaired) electrons. The number of urea groups is 1. The van der Waals surface area contributed by atoms with Crippen molar-refractivity contribution in [1.29, 1.82) is 0 Å². The van der Waals surface area contributed by atoms with Crippen LogP contribution in [0.4, 0.5) is 4.79 Å². The summed E-state index contributed by atoms with van der Waals surface area (Å²) in [5, 5.41) is 7.39. The molecule has 1 heterocycles. The number of methoxy groups -OCH3 is 2. The van der Waals surface area contributed by atoms with Crippen molar-refractivity contribution in [2.24, 2.45) is 11.8 Å². The van der Waals surface area contributed by atoms with E-state index in [2.05, 4.69) is 16.7 Å². The van der Waals surface area contributed by atoms with Gasteiger partial charge in [-0.3, -0.25) is 0 Å². The summed E-state index contributed by atoms with van der Waals surface area (Å²) in [6.45, 7) is 3.02. The number of ether oxygens (including phenoxy) is 2. The summed E-state index contributed by atoms with van der Waals surface area (Å²) < 4.78 is 11.7. The van der Waals surface area contributed by atoms with Crippen LogP contribution < -0.4 is 10.6 Å². The molecule has 2 fully saturated rings. The minimum atomic E-state index is -0.482. The van der Waals surface area contributed by atoms with Crippen molar-refractivity contribution < 1.29 is 14.3 Å². The highest BCUT2D eigenvalue weighted by atomic mass is 35.5. The van der Waals surface area contributed by atoms with E-state index in [4.69, 9.17) is 21.1 Å². The first-order valence-electron chi connectivity index (χ1n) is 14.0. The van der Waals surface area contributed by atoms with Crippen molar-refractivity contribution in [3.8, 4) is 0 Å². The van der Waals surface area contributed by atoms with Gasteiger partial charge in [0.1, 0.15) is 0 Å². The molecule has 1 aliphatic heterocycles. The lowest BCUT2D eigenvalue weighted by molar-refractivity contribution is -0.0895. The van der Waals surface area contributed by atoms with Crippen LogP contribution in [0.5, 0.6) is 0 Å². The lowest BCUT2D eigenvalue weighted by Crippen LogP contribution is -2.54. The van der Waals surface area contributed by atoms with Gasteiger partial charge in [0.05, 0.1) is 5.60 Å². The first-order valence-corrected chi connectivity index (χ1v) is 14.4. The van der Waals surface area contributed by atoms with Gasteiger partial charge < -0.3 is 25.0 Å². The number of nitrogens with one attached hydrogen (secondary N) is 2. The van der Waals surface area contributed by atoms with Crippen LogP contribution in [-0.2, 0) is 15.1 Å². The van der Waals surface area contributed by atoms with Crippen molar-refractivity contribution in [2.75, 3.05) is 47.5 Å². The molecule has 2 aliphatic rings. The smallest absolute Gasteiger partial charge is 0.317 e. The Labute approximate surface area is 223 Å². The van der Waals surface area contributed by atoms with Gasteiger partial charge in [0.2, 0.25) is 0 Å². The van der Waals surface area contributed by atoms with Crippen LogP contribution in [0.1, 0.15) is 76.2 Å². The zero-order valence-corrected chi connectivity index (χ0v) is 23.5. The molecular weight excluding hydrogens is 474 g/mol. The number of rotatable bonds is 13. The fourth-order valence-electron chi connectivity index (χ4n) is 6.43. The van der Waals surface area contributed by atoms with E-state index < -0.39 is 5.60 Å². The molecule has 1 aliphatic carbocycles. The van der Waals surface area contributed by atoms with Crippen molar-refractivity contribution in [3.63, 3.8) is 0 Å². The molecule has 3 atom stereocenters. The molecule has 2 N–H and O–H groups in total. The number of halogens is 1. The molecule has 1 aromatic carbocycles. The highest BCUT2D eigenvalue weighted by Crippen LogP contribution is 2.43. The van der Waals surface area contributed by atoms with E-state index in [1.54, 1.807) is 7.11 Å². The summed E-state index contributed by atoms with van der Waals surface area (Å²) in [6, 6.07) is 8.30. The summed E-state index contributed by atoms with van der Waals surface area (Å²) in [5.74, 6) is 0.923. The molecule has 204 valence electrons. The van der Waals surface area contributed by atoms with Gasteiger partial charge in [-0.25, -0.2) is 4.79 Å². The summed E-state index contributed by atoms with van der Waals surface area (Å²) in [7, 11) is 5.52. The van der Waals surface area contributed by atoms with Gasteiger partial charge in [-0.1, -0.05) is 55.8 Å². The minimum Gasteiger partial charge on any atom is -0.385 e. The summed E-state index contributed by atoms with van der Waals surface area (Å²) in [4.78, 5) is 15.5. The lowest BCUT2D eigenvalue weighted by atomic mass is 9.74. The van der Waals surface area contributed by atoms with Gasteiger partial charge in [0.15, 0.2) is 0 Å². The number of benzene rings is 1. The Kier molecular flexibility index (Phi) is 12.3. The van der Waals surface area contributed by atoms with E-state index in [-0.39, 0.29) is 18.0 Å². The van der Waals surface area contributed by atoms with Crippen LogP contribution >= 0.6 is 11.6 Å². The molecular formula is C29H48ClN3O3. The van der Waals surface area contributed by atoms with E-state index in [0.29, 0.717) is 11.6 Å². The van der Waals surface area contributed by atoms with Crippen LogP contribution in [0, 0.1) is 11.8 Å². The molecule has 0 aromatic heterocycles. The molecule has 0 spiro atoms. The number of piperidine rings is 1. The quantitative estimate of drug-likeness (QED) is 0.313. The average Bonchev–Trinajstić information content (AvgIpc) is 2.90. The summed E-state index contributed by atoms with van der Waals surface area (Å²) in [6.07, 6.45) is 12.5. The number of carbonyl (C=O) groups excluding carboxylic acids is 1. The maximum Gasteiger partial charge on any atom is 0.317 e. The number of carbonyl (C=O) groups is 1. The maximum atomic E-state index is 13.5. The number of likely N-dealkylation sites (N-methyl/N-ethyl adjacent to an activating group) is 1. The first-order chi connectivity index (χ1) is 17.5. The number of hydrogen-bond donors (Lipinski definition) is 2. The number of unbranched alkanes of at least 4 members (excludes halogenated alkanes) is 1. The number of nitrogens with zero attached hydrogens (tertiary/aromatic N) is 1. The van der Waals surface area contributed by atoms with Crippen LogP contribution in [-0.4, -0.2) is 64.5 Å². The van der Waals surface area contributed by atoms with Crippen molar-refractivity contribution in [3.05, 3.63) is 34.9 Å². The SMILES string of the molecule is CNCC(CC1CCCCC1)NC(=O)N1CCCC(C(CCCCOC)(OC)c2cccc(Cl)c2)C1. The Hall–Kier alpha value is -1.34. The molecule has 3 rings (SSSR count). The molecule has 6 nitrogen and oxygen atoms in total. The van der Waals surface area contributed by atoms with Gasteiger partial charge >= 0.3 is 6.03 Å². The molecule has 1 saturated heterocycles. The second kappa shape index (κ2) is 15.2. The van der Waals surface area contributed by atoms with Crippen molar-refractivity contribution in [2.45, 2.75) is 82.3 Å². The lowest BCUT2D eigenvalue weighted by Gasteiger charge is -2.45. The Morgan fingerprint density at radius 3 is 2.67 bits per heavy atom. The second-order valence-electron chi connectivity index (χ2n) is 10.8. The fraction of sp³-hybridized carbons (Fsp3) is 0.759. The Morgan fingerprint density at radius 2 is 1.97 bits per heavy atom. The summed E-state index contributed by atoms with van der Waals surface area (Å²) in [5.41, 5.74) is 0.622. The number of hydrogen-bond acceptors (Lipinski definition) is 4. The molecule has 36 heavy (non-hydrogen) atoms. The largest absolute Gasteiger partial charge is 0.385 e. The summed E-state index contributed by atoms with van der Waals surface area (Å²) >= 11 is 6.42. The van der Waals surface area contributed by atoms with Gasteiger partial charge in [-0.15, -0.1) is 0 Å². The van der Waals surface area contributed by atoms with Crippen molar-refractivity contribution >= 4 is 17.6 Å². The highest BCUT2D eigenvalue weighted by Gasteiger charge is 2.43. The monoisotopic (exact) mass is 521 g/mol.